The normalized spacial score (nSPS) is 15.2. The van der Waals surface area contributed by atoms with Crippen molar-refractivity contribution in [2.75, 3.05) is 6.54 Å². The summed E-state index contributed by atoms with van der Waals surface area (Å²) >= 11 is 0. The van der Waals surface area contributed by atoms with Gasteiger partial charge in [-0.25, -0.2) is 5.01 Å². The van der Waals surface area contributed by atoms with Crippen LogP contribution in [0.5, 0.6) is 0 Å². The van der Waals surface area contributed by atoms with Crippen LogP contribution in [-0.4, -0.2) is 23.2 Å². The van der Waals surface area contributed by atoms with Crippen molar-refractivity contribution in [1.29, 1.82) is 0 Å². The standard InChI is InChI=1S/C16H30N2O/c1-3-4-5-6-7-8-9-10-11-12-13-18-16(19)14-15(2)17-18/h3-14H2,1-2H3. The van der Waals surface area contributed by atoms with Gasteiger partial charge in [0, 0.05) is 12.3 Å². The van der Waals surface area contributed by atoms with E-state index in [2.05, 4.69) is 12.0 Å². The molecule has 0 unspecified atom stereocenters. The quantitative estimate of drug-likeness (QED) is 0.506. The van der Waals surface area contributed by atoms with Crippen LogP contribution in [0.2, 0.25) is 0 Å². The lowest BCUT2D eigenvalue weighted by molar-refractivity contribution is -0.128. The Morgan fingerprint density at radius 2 is 1.47 bits per heavy atom. The maximum absolute atomic E-state index is 11.5. The molecule has 0 atom stereocenters. The minimum Gasteiger partial charge on any atom is -0.273 e. The molecular weight excluding hydrogens is 236 g/mol. The summed E-state index contributed by atoms with van der Waals surface area (Å²) in [7, 11) is 0. The highest BCUT2D eigenvalue weighted by atomic mass is 16.2. The molecule has 0 aromatic carbocycles. The molecule has 3 heteroatoms. The largest absolute Gasteiger partial charge is 0.273 e. The van der Waals surface area contributed by atoms with Gasteiger partial charge in [0.25, 0.3) is 0 Å². The average molecular weight is 266 g/mol. The maximum Gasteiger partial charge on any atom is 0.248 e. The molecule has 110 valence electrons. The van der Waals surface area contributed by atoms with Crippen molar-refractivity contribution in [3.63, 3.8) is 0 Å². The van der Waals surface area contributed by atoms with E-state index >= 15 is 0 Å². The van der Waals surface area contributed by atoms with Crippen molar-refractivity contribution in [2.24, 2.45) is 5.10 Å². The average Bonchev–Trinajstić information content (AvgIpc) is 2.70. The Morgan fingerprint density at radius 3 is 1.95 bits per heavy atom. The monoisotopic (exact) mass is 266 g/mol. The first kappa shape index (κ1) is 16.2. The summed E-state index contributed by atoms with van der Waals surface area (Å²) in [6, 6.07) is 0. The van der Waals surface area contributed by atoms with Gasteiger partial charge in [0.15, 0.2) is 0 Å². The minimum atomic E-state index is 0.174. The molecule has 0 saturated carbocycles. The lowest BCUT2D eigenvalue weighted by Crippen LogP contribution is -2.21. The molecule has 0 fully saturated rings. The van der Waals surface area contributed by atoms with Gasteiger partial charge >= 0.3 is 0 Å². The van der Waals surface area contributed by atoms with E-state index in [1.54, 1.807) is 5.01 Å². The summed E-state index contributed by atoms with van der Waals surface area (Å²) in [6.45, 7) is 5.00. The Kier molecular flexibility index (Phi) is 8.52. The highest BCUT2D eigenvalue weighted by Gasteiger charge is 2.19. The van der Waals surface area contributed by atoms with E-state index in [-0.39, 0.29) is 5.91 Å². The summed E-state index contributed by atoms with van der Waals surface area (Å²) in [4.78, 5) is 11.5. The third-order valence-corrected chi connectivity index (χ3v) is 3.71. The second-order valence-corrected chi connectivity index (χ2v) is 5.71. The number of rotatable bonds is 11. The Labute approximate surface area is 118 Å². The highest BCUT2D eigenvalue weighted by Crippen LogP contribution is 2.12. The number of hydrazone groups is 1. The molecular formula is C16H30N2O. The van der Waals surface area contributed by atoms with Crippen LogP contribution in [0.1, 0.15) is 84.5 Å². The maximum atomic E-state index is 11.5. The second-order valence-electron chi connectivity index (χ2n) is 5.71. The number of unbranched alkanes of at least 4 members (excludes halogenated alkanes) is 9. The lowest BCUT2D eigenvalue weighted by atomic mass is 10.1. The fourth-order valence-electron chi connectivity index (χ4n) is 2.53. The molecule has 0 aromatic heterocycles. The third-order valence-electron chi connectivity index (χ3n) is 3.71. The first-order valence-corrected chi connectivity index (χ1v) is 8.08. The predicted molar refractivity (Wildman–Crippen MR) is 81.3 cm³/mol. The van der Waals surface area contributed by atoms with Crippen molar-refractivity contribution in [1.82, 2.24) is 5.01 Å². The molecule has 0 aromatic rings. The van der Waals surface area contributed by atoms with Gasteiger partial charge in [-0.3, -0.25) is 4.79 Å². The van der Waals surface area contributed by atoms with Gasteiger partial charge in [-0.05, 0) is 13.3 Å². The summed E-state index contributed by atoms with van der Waals surface area (Å²) < 4.78 is 0. The molecule has 1 heterocycles. The summed E-state index contributed by atoms with van der Waals surface area (Å²) in [5, 5.41) is 5.90. The first-order chi connectivity index (χ1) is 9.24. The van der Waals surface area contributed by atoms with Gasteiger partial charge in [-0.2, -0.15) is 5.10 Å². The van der Waals surface area contributed by atoms with Crippen LogP contribution in [0.4, 0.5) is 0 Å². The van der Waals surface area contributed by atoms with E-state index in [9.17, 15) is 4.79 Å². The topological polar surface area (TPSA) is 32.7 Å². The van der Waals surface area contributed by atoms with E-state index in [1.165, 1.54) is 57.8 Å². The van der Waals surface area contributed by atoms with Crippen LogP contribution in [0.15, 0.2) is 5.10 Å². The van der Waals surface area contributed by atoms with Crippen molar-refractivity contribution in [3.8, 4) is 0 Å². The van der Waals surface area contributed by atoms with Crippen LogP contribution in [0, 0.1) is 0 Å². The van der Waals surface area contributed by atoms with Crippen LogP contribution in [0.25, 0.3) is 0 Å². The van der Waals surface area contributed by atoms with E-state index < -0.39 is 0 Å². The van der Waals surface area contributed by atoms with Crippen LogP contribution >= 0.6 is 0 Å². The highest BCUT2D eigenvalue weighted by molar-refractivity contribution is 6.03. The van der Waals surface area contributed by atoms with Crippen molar-refractivity contribution < 1.29 is 4.79 Å². The van der Waals surface area contributed by atoms with Crippen LogP contribution in [0.3, 0.4) is 0 Å². The van der Waals surface area contributed by atoms with Crippen molar-refractivity contribution in [3.05, 3.63) is 0 Å². The zero-order valence-electron chi connectivity index (χ0n) is 12.8. The number of carbonyl (C=O) groups is 1. The van der Waals surface area contributed by atoms with Gasteiger partial charge < -0.3 is 0 Å². The van der Waals surface area contributed by atoms with Crippen molar-refractivity contribution >= 4 is 11.6 Å². The molecule has 3 nitrogen and oxygen atoms in total. The molecule has 0 bridgehead atoms. The summed E-state index contributed by atoms with van der Waals surface area (Å²) in [5.41, 5.74) is 0.956. The van der Waals surface area contributed by atoms with Crippen LogP contribution in [-0.2, 0) is 4.79 Å². The summed E-state index contributed by atoms with van der Waals surface area (Å²) in [5.74, 6) is 0.174. The number of amides is 1. The smallest absolute Gasteiger partial charge is 0.248 e. The lowest BCUT2D eigenvalue weighted by Gasteiger charge is -2.11. The Bertz CT molecular complexity index is 286. The van der Waals surface area contributed by atoms with Gasteiger partial charge in [-0.15, -0.1) is 0 Å². The zero-order valence-corrected chi connectivity index (χ0v) is 12.8. The third kappa shape index (κ3) is 7.34. The van der Waals surface area contributed by atoms with Gasteiger partial charge in [0.05, 0.1) is 6.42 Å². The van der Waals surface area contributed by atoms with E-state index in [1.807, 2.05) is 6.92 Å². The van der Waals surface area contributed by atoms with Gasteiger partial charge in [0.2, 0.25) is 5.91 Å². The zero-order chi connectivity index (χ0) is 13.9. The molecule has 0 spiro atoms. The predicted octanol–water partition coefficient (Wildman–Crippen LogP) is 4.52. The molecule has 0 saturated heterocycles. The number of nitrogens with zero attached hydrogens (tertiary/aromatic N) is 2. The molecule has 0 radical (unpaired) electrons. The van der Waals surface area contributed by atoms with E-state index in [0.29, 0.717) is 6.42 Å². The Morgan fingerprint density at radius 1 is 0.947 bits per heavy atom. The minimum absolute atomic E-state index is 0.174. The number of hydrogen-bond donors (Lipinski definition) is 0. The van der Waals surface area contributed by atoms with Crippen molar-refractivity contribution in [2.45, 2.75) is 84.5 Å². The molecule has 19 heavy (non-hydrogen) atoms. The van der Waals surface area contributed by atoms with Gasteiger partial charge in [-0.1, -0.05) is 64.7 Å². The fraction of sp³-hybridized carbons (Fsp3) is 0.875. The van der Waals surface area contributed by atoms with Crippen LogP contribution < -0.4 is 0 Å². The SMILES string of the molecule is CCCCCCCCCCCCN1N=C(C)CC1=O. The molecule has 1 rings (SSSR count). The number of carbonyl (C=O) groups excluding carboxylic acids is 1. The molecule has 1 amide bonds. The molecule has 0 N–H and O–H groups in total. The van der Waals surface area contributed by atoms with E-state index in [0.717, 1.165) is 18.7 Å². The Balaban J connectivity index is 1.85. The Hall–Kier alpha value is -0.860. The van der Waals surface area contributed by atoms with Gasteiger partial charge in [0.1, 0.15) is 0 Å². The molecule has 0 aliphatic carbocycles. The van der Waals surface area contributed by atoms with E-state index in [4.69, 9.17) is 0 Å². The fourth-order valence-corrected chi connectivity index (χ4v) is 2.53. The molecule has 1 aliphatic rings. The first-order valence-electron chi connectivity index (χ1n) is 8.08. The second kappa shape index (κ2) is 9.99. The summed E-state index contributed by atoms with van der Waals surface area (Å²) in [6.07, 6.45) is 13.8. The molecule has 1 aliphatic heterocycles. The number of hydrogen-bond acceptors (Lipinski definition) is 2.